The van der Waals surface area contributed by atoms with Crippen LogP contribution in [0.1, 0.15) is 97.8 Å². The summed E-state index contributed by atoms with van der Waals surface area (Å²) in [5.74, 6) is 0. The smallest absolute Gasteiger partial charge is 0.0139 e. The van der Waals surface area contributed by atoms with Crippen molar-refractivity contribution in [3.05, 3.63) is 12.2 Å². The van der Waals surface area contributed by atoms with E-state index in [1.807, 2.05) is 0 Å². The first kappa shape index (κ1) is 24.6. The Morgan fingerprint density at radius 2 is 1.12 bits per heavy atom. The Kier molecular flexibility index (Phi) is 18.1. The molecule has 0 aliphatic rings. The highest BCUT2D eigenvalue weighted by atomic mass is 15.1. The number of rotatable bonds is 18. The van der Waals surface area contributed by atoms with Gasteiger partial charge in [-0.3, -0.25) is 0 Å². The minimum absolute atomic E-state index is 0.235. The van der Waals surface area contributed by atoms with Gasteiger partial charge in [0.2, 0.25) is 0 Å². The van der Waals surface area contributed by atoms with Gasteiger partial charge < -0.3 is 16.4 Å². The van der Waals surface area contributed by atoms with Crippen molar-refractivity contribution in [2.75, 3.05) is 19.6 Å². The molecule has 0 aromatic rings. The fourth-order valence-electron chi connectivity index (χ4n) is 3.30. The molecule has 4 N–H and O–H groups in total. The molecule has 2 atom stereocenters. The summed E-state index contributed by atoms with van der Waals surface area (Å²) in [4.78, 5) is 2.43. The zero-order valence-corrected chi connectivity index (χ0v) is 17.5. The molecule has 0 saturated carbocycles. The Hall–Kier alpha value is -0.380. The Balaban J connectivity index is 3.43. The first-order valence-electron chi connectivity index (χ1n) is 10.9. The maximum Gasteiger partial charge on any atom is 0.0139 e. The zero-order chi connectivity index (χ0) is 18.8. The fraction of sp³-hybridized carbons (Fsp3) is 0.909. The second-order valence-electron chi connectivity index (χ2n) is 7.94. The van der Waals surface area contributed by atoms with Crippen molar-refractivity contribution in [1.29, 1.82) is 0 Å². The van der Waals surface area contributed by atoms with Crippen LogP contribution in [-0.4, -0.2) is 36.6 Å². The van der Waals surface area contributed by atoms with Gasteiger partial charge in [0.15, 0.2) is 0 Å². The van der Waals surface area contributed by atoms with E-state index in [4.69, 9.17) is 11.5 Å². The molecule has 0 aromatic carbocycles. The topological polar surface area (TPSA) is 55.3 Å². The molecule has 0 spiro atoms. The monoisotopic (exact) mass is 353 g/mol. The third kappa shape index (κ3) is 19.8. The maximum absolute atomic E-state index is 5.93. The number of hydrogen-bond donors (Lipinski definition) is 2. The average molecular weight is 354 g/mol. The molecule has 0 saturated heterocycles. The summed E-state index contributed by atoms with van der Waals surface area (Å²) >= 11 is 0. The zero-order valence-electron chi connectivity index (χ0n) is 17.5. The highest BCUT2D eigenvalue weighted by Gasteiger charge is 2.09. The summed E-state index contributed by atoms with van der Waals surface area (Å²) in [5, 5.41) is 0. The van der Waals surface area contributed by atoms with Gasteiger partial charge >= 0.3 is 0 Å². The van der Waals surface area contributed by atoms with Crippen LogP contribution >= 0.6 is 0 Å². The second-order valence-corrected chi connectivity index (χ2v) is 7.94. The molecule has 0 rings (SSSR count). The number of unbranched alkanes of at least 4 members (excludes halogenated alkanes) is 10. The molecular formula is C22H47N3. The molecule has 0 amide bonds. The van der Waals surface area contributed by atoms with E-state index in [2.05, 4.69) is 37.8 Å². The van der Waals surface area contributed by atoms with E-state index in [-0.39, 0.29) is 12.1 Å². The summed E-state index contributed by atoms with van der Waals surface area (Å²) < 4.78 is 0. The lowest BCUT2D eigenvalue weighted by atomic mass is 10.1. The molecule has 0 fully saturated rings. The first-order valence-corrected chi connectivity index (χ1v) is 10.9. The second kappa shape index (κ2) is 18.4. The third-order valence-electron chi connectivity index (χ3n) is 4.58. The van der Waals surface area contributed by atoms with Crippen LogP contribution < -0.4 is 11.5 Å². The molecule has 0 aliphatic carbocycles. The quantitative estimate of drug-likeness (QED) is 0.262. The van der Waals surface area contributed by atoms with Gasteiger partial charge in [-0.2, -0.15) is 0 Å². The van der Waals surface area contributed by atoms with E-state index in [0.717, 1.165) is 19.6 Å². The van der Waals surface area contributed by atoms with Crippen molar-refractivity contribution in [2.45, 2.75) is 110 Å². The van der Waals surface area contributed by atoms with Crippen LogP contribution in [0.4, 0.5) is 0 Å². The highest BCUT2D eigenvalue weighted by Crippen LogP contribution is 2.09. The summed E-state index contributed by atoms with van der Waals surface area (Å²) in [6.45, 7) is 9.50. The van der Waals surface area contributed by atoms with Gasteiger partial charge in [-0.1, -0.05) is 64.0 Å². The Morgan fingerprint density at radius 3 is 1.60 bits per heavy atom. The van der Waals surface area contributed by atoms with E-state index in [1.165, 1.54) is 77.0 Å². The van der Waals surface area contributed by atoms with E-state index in [9.17, 15) is 0 Å². The van der Waals surface area contributed by atoms with Crippen LogP contribution in [0.3, 0.4) is 0 Å². The number of nitrogens with zero attached hydrogens (tertiary/aromatic N) is 1. The lowest BCUT2D eigenvalue weighted by Crippen LogP contribution is -2.42. The van der Waals surface area contributed by atoms with Crippen LogP contribution in [0.2, 0.25) is 0 Å². The van der Waals surface area contributed by atoms with Gasteiger partial charge in [-0.25, -0.2) is 0 Å². The fourth-order valence-corrected chi connectivity index (χ4v) is 3.30. The van der Waals surface area contributed by atoms with Crippen molar-refractivity contribution < 1.29 is 0 Å². The van der Waals surface area contributed by atoms with Gasteiger partial charge in [0.25, 0.3) is 0 Å². The molecule has 25 heavy (non-hydrogen) atoms. The highest BCUT2D eigenvalue weighted by molar-refractivity contribution is 4.81. The molecule has 0 aliphatic heterocycles. The normalized spacial score (nSPS) is 14.5. The minimum atomic E-state index is 0.235. The van der Waals surface area contributed by atoms with Crippen LogP contribution in [0.15, 0.2) is 12.2 Å². The molecule has 150 valence electrons. The lowest BCUT2D eigenvalue weighted by Gasteiger charge is -2.25. The van der Waals surface area contributed by atoms with Crippen LogP contribution in [0.5, 0.6) is 0 Å². The largest absolute Gasteiger partial charge is 0.327 e. The van der Waals surface area contributed by atoms with E-state index >= 15 is 0 Å². The molecule has 0 heterocycles. The Morgan fingerprint density at radius 1 is 0.680 bits per heavy atom. The standard InChI is InChI=1S/C22H47N3/c1-4-5-6-7-8-9-10-11-12-13-14-15-16-17-18-25(19-21(2)23)20-22(3)24/h9-10,21-22H,4-8,11-20,23-24H2,1-3H3/b10-9+. The number of allylic oxidation sites excluding steroid dienone is 2. The summed E-state index contributed by atoms with van der Waals surface area (Å²) in [7, 11) is 0. The van der Waals surface area contributed by atoms with Crippen LogP contribution in [0, 0.1) is 0 Å². The first-order chi connectivity index (χ1) is 12.1. The van der Waals surface area contributed by atoms with Crippen molar-refractivity contribution in [3.8, 4) is 0 Å². The van der Waals surface area contributed by atoms with Gasteiger partial charge in [0, 0.05) is 25.2 Å². The van der Waals surface area contributed by atoms with E-state index in [1.54, 1.807) is 0 Å². The maximum atomic E-state index is 5.93. The van der Waals surface area contributed by atoms with Gasteiger partial charge in [0.05, 0.1) is 0 Å². The average Bonchev–Trinajstić information content (AvgIpc) is 2.54. The predicted molar refractivity (Wildman–Crippen MR) is 114 cm³/mol. The molecule has 0 radical (unpaired) electrons. The van der Waals surface area contributed by atoms with Crippen molar-refractivity contribution in [2.24, 2.45) is 11.5 Å². The number of hydrogen-bond acceptors (Lipinski definition) is 3. The molecule has 2 unspecified atom stereocenters. The summed E-state index contributed by atoms with van der Waals surface area (Å²) in [6, 6.07) is 0.469. The molecule has 0 bridgehead atoms. The molecule has 3 nitrogen and oxygen atoms in total. The summed E-state index contributed by atoms with van der Waals surface area (Å²) in [6.07, 6.45) is 20.9. The van der Waals surface area contributed by atoms with Crippen LogP contribution in [-0.2, 0) is 0 Å². The third-order valence-corrected chi connectivity index (χ3v) is 4.58. The minimum Gasteiger partial charge on any atom is -0.327 e. The SMILES string of the molecule is CCCCCC/C=C/CCCCCCCCN(CC(C)N)CC(C)N. The summed E-state index contributed by atoms with van der Waals surface area (Å²) in [5.41, 5.74) is 11.9. The van der Waals surface area contributed by atoms with Crippen LogP contribution in [0.25, 0.3) is 0 Å². The van der Waals surface area contributed by atoms with Crippen molar-refractivity contribution in [3.63, 3.8) is 0 Å². The van der Waals surface area contributed by atoms with E-state index in [0.29, 0.717) is 0 Å². The van der Waals surface area contributed by atoms with Crippen molar-refractivity contribution >= 4 is 0 Å². The molecular weight excluding hydrogens is 306 g/mol. The molecule has 3 heteroatoms. The molecule has 0 aromatic heterocycles. The Labute approximate surface area is 158 Å². The Bertz CT molecular complexity index is 277. The van der Waals surface area contributed by atoms with Gasteiger partial charge in [-0.05, 0) is 52.5 Å². The van der Waals surface area contributed by atoms with Crippen molar-refractivity contribution in [1.82, 2.24) is 4.90 Å². The number of nitrogens with two attached hydrogens (primary N) is 2. The van der Waals surface area contributed by atoms with E-state index < -0.39 is 0 Å². The van der Waals surface area contributed by atoms with Gasteiger partial charge in [0.1, 0.15) is 0 Å². The predicted octanol–water partition coefficient (Wildman–Crippen LogP) is 5.24. The van der Waals surface area contributed by atoms with Gasteiger partial charge in [-0.15, -0.1) is 0 Å². The lowest BCUT2D eigenvalue weighted by molar-refractivity contribution is 0.244.